The quantitative estimate of drug-likeness (QED) is 0.316. The Morgan fingerprint density at radius 3 is 2.50 bits per heavy atom. The van der Waals surface area contributed by atoms with Crippen molar-refractivity contribution in [1.82, 2.24) is 14.3 Å². The molecule has 0 bridgehead atoms. The van der Waals surface area contributed by atoms with Crippen LogP contribution < -0.4 is 11.0 Å². The van der Waals surface area contributed by atoms with Crippen molar-refractivity contribution >= 4 is 34.0 Å². The van der Waals surface area contributed by atoms with Gasteiger partial charge in [0.05, 0.1) is 17.1 Å². The Bertz CT molecular complexity index is 1880. The van der Waals surface area contributed by atoms with E-state index in [4.69, 9.17) is 9.40 Å². The Morgan fingerprint density at radius 1 is 0.947 bits per heavy atom. The van der Waals surface area contributed by atoms with Crippen LogP contribution in [0, 0.1) is 13.8 Å². The number of para-hydroxylation sites is 2. The highest BCUT2D eigenvalue weighted by Gasteiger charge is 2.17. The van der Waals surface area contributed by atoms with Gasteiger partial charge in [0.25, 0.3) is 11.5 Å². The fourth-order valence-corrected chi connectivity index (χ4v) is 4.45. The summed E-state index contributed by atoms with van der Waals surface area (Å²) in [5.41, 5.74) is 6.74. The van der Waals surface area contributed by atoms with Crippen LogP contribution in [0.1, 0.15) is 27.3 Å². The molecule has 3 heterocycles. The van der Waals surface area contributed by atoms with Crippen LogP contribution in [0.3, 0.4) is 0 Å². The fourth-order valence-electron chi connectivity index (χ4n) is 4.45. The molecule has 3 aromatic heterocycles. The number of aromatic nitrogens is 3. The molecule has 0 aliphatic heterocycles. The number of amides is 1. The Morgan fingerprint density at radius 2 is 1.68 bits per heavy atom. The lowest BCUT2D eigenvalue weighted by molar-refractivity contribution is 0.101. The second kappa shape index (κ2) is 9.33. The van der Waals surface area contributed by atoms with E-state index in [9.17, 15) is 9.59 Å². The van der Waals surface area contributed by atoms with Crippen LogP contribution in [-0.4, -0.2) is 26.5 Å². The molecular weight excluding hydrogens is 478 g/mol. The second-order valence-corrected chi connectivity index (χ2v) is 8.93. The summed E-state index contributed by atoms with van der Waals surface area (Å²) in [4.78, 5) is 31.0. The van der Waals surface area contributed by atoms with Crippen LogP contribution >= 0.6 is 0 Å². The first kappa shape index (κ1) is 23.2. The smallest absolute Gasteiger partial charge is 0.282 e. The standard InChI is InChI=1S/C30H23N5O3/c1-19-16-23(20(2)34(19)33-29(36)21-10-4-3-5-11-21)18-31-35-28(27-17-22-12-6-9-15-26(22)38-27)32-25-14-8-7-13-24(25)30(35)37/h3-18H,1-2H3,(H,33,36). The van der Waals surface area contributed by atoms with E-state index in [1.54, 1.807) is 41.2 Å². The first-order valence-electron chi connectivity index (χ1n) is 12.1. The van der Waals surface area contributed by atoms with E-state index in [1.165, 1.54) is 4.68 Å². The van der Waals surface area contributed by atoms with Crippen molar-refractivity contribution in [3.63, 3.8) is 0 Å². The summed E-state index contributed by atoms with van der Waals surface area (Å²) < 4.78 is 9.00. The highest BCUT2D eigenvalue weighted by molar-refractivity contribution is 6.00. The molecule has 0 atom stereocenters. The summed E-state index contributed by atoms with van der Waals surface area (Å²) in [6.07, 6.45) is 1.59. The van der Waals surface area contributed by atoms with E-state index in [1.807, 2.05) is 74.5 Å². The van der Waals surface area contributed by atoms with E-state index in [0.717, 1.165) is 22.3 Å². The number of hydrogen-bond acceptors (Lipinski definition) is 5. The van der Waals surface area contributed by atoms with Gasteiger partial charge in [-0.1, -0.05) is 48.5 Å². The Kier molecular flexibility index (Phi) is 5.69. The minimum atomic E-state index is -0.312. The van der Waals surface area contributed by atoms with E-state index in [0.29, 0.717) is 33.6 Å². The number of furan rings is 1. The molecule has 0 spiro atoms. The molecule has 0 aliphatic rings. The van der Waals surface area contributed by atoms with E-state index >= 15 is 0 Å². The van der Waals surface area contributed by atoms with Crippen LogP contribution in [-0.2, 0) is 0 Å². The van der Waals surface area contributed by atoms with Crippen LogP contribution in [0.2, 0.25) is 0 Å². The van der Waals surface area contributed by atoms with Gasteiger partial charge in [-0.25, -0.2) is 4.98 Å². The van der Waals surface area contributed by atoms with Gasteiger partial charge in [0.1, 0.15) is 5.58 Å². The minimum absolute atomic E-state index is 0.224. The zero-order valence-corrected chi connectivity index (χ0v) is 20.8. The summed E-state index contributed by atoms with van der Waals surface area (Å²) in [7, 11) is 0. The third kappa shape index (κ3) is 4.08. The second-order valence-electron chi connectivity index (χ2n) is 8.93. The van der Waals surface area contributed by atoms with Crippen LogP contribution in [0.25, 0.3) is 33.5 Å². The third-order valence-corrected chi connectivity index (χ3v) is 6.43. The molecule has 8 nitrogen and oxygen atoms in total. The lowest BCUT2D eigenvalue weighted by Crippen LogP contribution is -2.24. The zero-order chi connectivity index (χ0) is 26.2. The number of carbonyl (C=O) groups excluding carboxylic acids is 1. The van der Waals surface area contributed by atoms with Gasteiger partial charge in [0.15, 0.2) is 5.76 Å². The highest BCUT2D eigenvalue weighted by atomic mass is 16.3. The maximum atomic E-state index is 13.5. The SMILES string of the molecule is Cc1cc(C=Nn2c(-c3cc4ccccc4o3)nc3ccccc3c2=O)c(C)n1NC(=O)c1ccccc1. The monoisotopic (exact) mass is 501 g/mol. The van der Waals surface area contributed by atoms with Gasteiger partial charge in [0, 0.05) is 27.9 Å². The molecule has 0 radical (unpaired) electrons. The largest absolute Gasteiger partial charge is 0.453 e. The predicted molar refractivity (Wildman–Crippen MR) is 148 cm³/mol. The van der Waals surface area contributed by atoms with Crippen molar-refractivity contribution in [3.05, 3.63) is 124 Å². The van der Waals surface area contributed by atoms with Crippen LogP contribution in [0.4, 0.5) is 0 Å². The number of fused-ring (bicyclic) bond motifs is 2. The molecular formula is C30H23N5O3. The molecule has 0 saturated carbocycles. The maximum absolute atomic E-state index is 13.5. The molecule has 6 rings (SSSR count). The average Bonchev–Trinajstić information content (AvgIpc) is 3.49. The first-order valence-corrected chi connectivity index (χ1v) is 12.1. The van der Waals surface area contributed by atoms with Gasteiger partial charge in [-0.3, -0.25) is 19.7 Å². The van der Waals surface area contributed by atoms with Crippen molar-refractivity contribution in [1.29, 1.82) is 0 Å². The number of carbonyl (C=O) groups is 1. The topological polar surface area (TPSA) is 94.4 Å². The van der Waals surface area contributed by atoms with Crippen LogP contribution in [0.5, 0.6) is 0 Å². The van der Waals surface area contributed by atoms with E-state index in [2.05, 4.69) is 10.5 Å². The summed E-state index contributed by atoms with van der Waals surface area (Å²) in [6.45, 7) is 3.76. The molecule has 0 fully saturated rings. The van der Waals surface area contributed by atoms with Crippen molar-refractivity contribution in [3.8, 4) is 11.6 Å². The van der Waals surface area contributed by atoms with E-state index in [-0.39, 0.29) is 11.5 Å². The number of hydrogen-bond donors (Lipinski definition) is 1. The Labute approximate surface area is 217 Å². The van der Waals surface area contributed by atoms with Gasteiger partial charge >= 0.3 is 0 Å². The lowest BCUT2D eigenvalue weighted by atomic mass is 10.2. The highest BCUT2D eigenvalue weighted by Crippen LogP contribution is 2.27. The third-order valence-electron chi connectivity index (χ3n) is 6.43. The van der Waals surface area contributed by atoms with Gasteiger partial charge in [0.2, 0.25) is 5.82 Å². The Balaban J connectivity index is 1.43. The summed E-state index contributed by atoms with van der Waals surface area (Å²) >= 11 is 0. The molecule has 8 heteroatoms. The van der Waals surface area contributed by atoms with Gasteiger partial charge in [-0.05, 0) is 56.3 Å². The van der Waals surface area contributed by atoms with Gasteiger partial charge < -0.3 is 4.42 Å². The number of nitrogens with one attached hydrogen (secondary N) is 1. The lowest BCUT2D eigenvalue weighted by Gasteiger charge is -2.11. The number of rotatable bonds is 5. The van der Waals surface area contributed by atoms with Gasteiger partial charge in [-0.15, -0.1) is 0 Å². The molecule has 38 heavy (non-hydrogen) atoms. The number of benzene rings is 3. The molecule has 0 unspecified atom stereocenters. The normalized spacial score (nSPS) is 11.5. The number of aryl methyl sites for hydroxylation is 1. The molecule has 1 N–H and O–H groups in total. The van der Waals surface area contributed by atoms with Gasteiger partial charge in [-0.2, -0.15) is 9.78 Å². The predicted octanol–water partition coefficient (Wildman–Crippen LogP) is 5.49. The zero-order valence-electron chi connectivity index (χ0n) is 20.8. The maximum Gasteiger partial charge on any atom is 0.282 e. The summed E-state index contributed by atoms with van der Waals surface area (Å²) in [5, 5.41) is 5.91. The first-order chi connectivity index (χ1) is 18.5. The molecule has 3 aromatic carbocycles. The molecule has 1 amide bonds. The van der Waals surface area contributed by atoms with Crippen molar-refractivity contribution < 1.29 is 9.21 Å². The van der Waals surface area contributed by atoms with Crippen molar-refractivity contribution in [2.24, 2.45) is 5.10 Å². The van der Waals surface area contributed by atoms with Crippen molar-refractivity contribution in [2.45, 2.75) is 13.8 Å². The van der Waals surface area contributed by atoms with Crippen molar-refractivity contribution in [2.75, 3.05) is 5.43 Å². The molecule has 0 aliphatic carbocycles. The molecule has 186 valence electrons. The van der Waals surface area contributed by atoms with Crippen LogP contribution in [0.15, 0.2) is 105 Å². The number of nitrogens with zero attached hydrogens (tertiary/aromatic N) is 4. The Hall–Kier alpha value is -5.24. The fraction of sp³-hybridized carbons (Fsp3) is 0.0667. The molecule has 6 aromatic rings. The summed E-state index contributed by atoms with van der Waals surface area (Å²) in [6, 6.07) is 27.5. The minimum Gasteiger partial charge on any atom is -0.453 e. The molecule has 0 saturated heterocycles. The van der Waals surface area contributed by atoms with E-state index < -0.39 is 0 Å². The average molecular weight is 502 g/mol. The summed E-state index contributed by atoms with van der Waals surface area (Å²) in [5.74, 6) is 0.511.